The molecule has 0 bridgehead atoms. The average molecular weight is 201 g/mol. The normalized spacial score (nSPS) is 22.6. The Morgan fingerprint density at radius 3 is 2.36 bits per heavy atom. The third kappa shape index (κ3) is 2.10. The van der Waals surface area contributed by atoms with E-state index in [2.05, 4.69) is 0 Å². The van der Waals surface area contributed by atoms with Gasteiger partial charge in [-0.3, -0.25) is 14.5 Å². The molecule has 0 aromatic heterocycles. The quantitative estimate of drug-likeness (QED) is 0.474. The van der Waals surface area contributed by atoms with E-state index in [1.54, 1.807) is 6.92 Å². The van der Waals surface area contributed by atoms with Crippen LogP contribution in [0, 0.1) is 5.92 Å². The number of nitrogens with zero attached hydrogens (tertiary/aromatic N) is 1. The Bertz CT molecular complexity index is 237. The fourth-order valence-corrected chi connectivity index (χ4v) is 1.43. The van der Waals surface area contributed by atoms with Gasteiger partial charge in [0.1, 0.15) is 0 Å². The first-order chi connectivity index (χ1) is 6.60. The summed E-state index contributed by atoms with van der Waals surface area (Å²) in [6.45, 7) is 1.92. The van der Waals surface area contributed by atoms with Crippen molar-refractivity contribution < 1.29 is 19.1 Å². The van der Waals surface area contributed by atoms with Gasteiger partial charge < -0.3 is 9.47 Å². The van der Waals surface area contributed by atoms with Gasteiger partial charge in [-0.05, 0) is 0 Å². The first-order valence-corrected chi connectivity index (χ1v) is 4.50. The maximum absolute atomic E-state index is 11.5. The molecule has 0 spiro atoms. The third-order valence-corrected chi connectivity index (χ3v) is 2.33. The van der Waals surface area contributed by atoms with Crippen molar-refractivity contribution in [2.45, 2.75) is 19.6 Å². The number of ether oxygens (including phenoxy) is 2. The summed E-state index contributed by atoms with van der Waals surface area (Å²) in [6, 6.07) is 0. The van der Waals surface area contributed by atoms with Gasteiger partial charge in [-0.2, -0.15) is 0 Å². The smallest absolute Gasteiger partial charge is 0.232 e. The second kappa shape index (κ2) is 4.52. The largest absolute Gasteiger partial charge is 0.354 e. The first-order valence-electron chi connectivity index (χ1n) is 4.50. The highest BCUT2D eigenvalue weighted by Crippen LogP contribution is 2.19. The van der Waals surface area contributed by atoms with Gasteiger partial charge in [-0.1, -0.05) is 6.92 Å². The summed E-state index contributed by atoms with van der Waals surface area (Å²) in [4.78, 5) is 24.0. The minimum Gasteiger partial charge on any atom is -0.354 e. The fraction of sp³-hybridized carbons (Fsp3) is 0.778. The van der Waals surface area contributed by atoms with E-state index in [0.717, 1.165) is 0 Å². The molecule has 1 fully saturated rings. The number of carbonyl (C=O) groups excluding carboxylic acids is 2. The number of amides is 2. The molecule has 1 heterocycles. The Hall–Kier alpha value is -0.940. The van der Waals surface area contributed by atoms with Gasteiger partial charge in [-0.15, -0.1) is 0 Å². The summed E-state index contributed by atoms with van der Waals surface area (Å²) in [6.07, 6.45) is -0.243. The lowest BCUT2D eigenvalue weighted by atomic mass is 10.1. The van der Waals surface area contributed by atoms with E-state index in [1.807, 2.05) is 0 Å². The minimum absolute atomic E-state index is 0.144. The molecule has 1 rings (SSSR count). The van der Waals surface area contributed by atoms with Crippen molar-refractivity contribution in [3.05, 3.63) is 0 Å². The molecule has 80 valence electrons. The summed E-state index contributed by atoms with van der Waals surface area (Å²) < 4.78 is 9.85. The maximum atomic E-state index is 11.5. The van der Waals surface area contributed by atoms with E-state index in [0.29, 0.717) is 6.42 Å². The van der Waals surface area contributed by atoms with Crippen LogP contribution in [-0.2, 0) is 19.1 Å². The van der Waals surface area contributed by atoms with Crippen molar-refractivity contribution in [3.8, 4) is 0 Å². The van der Waals surface area contributed by atoms with Crippen LogP contribution in [-0.4, -0.2) is 43.8 Å². The standard InChI is InChI=1S/C9H15NO4/c1-6-4-7(11)10(9(6)12)5-8(13-2)14-3/h6,8H,4-5H2,1-3H3. The molecule has 0 aliphatic carbocycles. The summed E-state index contributed by atoms with van der Waals surface area (Å²) >= 11 is 0. The lowest BCUT2D eigenvalue weighted by molar-refractivity contribution is -0.152. The van der Waals surface area contributed by atoms with Crippen molar-refractivity contribution in [1.29, 1.82) is 0 Å². The number of hydrogen-bond acceptors (Lipinski definition) is 4. The zero-order valence-corrected chi connectivity index (χ0v) is 8.65. The van der Waals surface area contributed by atoms with Crippen molar-refractivity contribution >= 4 is 11.8 Å². The molecule has 1 aliphatic rings. The summed E-state index contributed by atoms with van der Waals surface area (Å²) in [5, 5.41) is 0. The predicted octanol–water partition coefficient (Wildman–Crippen LogP) is 0.000300. The Morgan fingerprint density at radius 1 is 1.43 bits per heavy atom. The van der Waals surface area contributed by atoms with Crippen molar-refractivity contribution in [3.63, 3.8) is 0 Å². The number of imide groups is 1. The topological polar surface area (TPSA) is 55.8 Å². The van der Waals surface area contributed by atoms with E-state index < -0.39 is 6.29 Å². The molecule has 5 nitrogen and oxygen atoms in total. The zero-order chi connectivity index (χ0) is 10.7. The van der Waals surface area contributed by atoms with Crippen molar-refractivity contribution in [1.82, 2.24) is 4.90 Å². The van der Waals surface area contributed by atoms with Gasteiger partial charge in [0.2, 0.25) is 11.8 Å². The SMILES string of the molecule is COC(CN1C(=O)CC(C)C1=O)OC. The first kappa shape index (κ1) is 11.1. The highest BCUT2D eigenvalue weighted by molar-refractivity contribution is 6.03. The average Bonchev–Trinajstić information content (AvgIpc) is 2.40. The van der Waals surface area contributed by atoms with Gasteiger partial charge in [-0.25, -0.2) is 0 Å². The molecule has 0 radical (unpaired) electrons. The number of carbonyl (C=O) groups is 2. The van der Waals surface area contributed by atoms with Crippen LogP contribution in [0.15, 0.2) is 0 Å². The fourth-order valence-electron chi connectivity index (χ4n) is 1.43. The molecule has 5 heteroatoms. The monoisotopic (exact) mass is 201 g/mol. The molecule has 0 N–H and O–H groups in total. The lowest BCUT2D eigenvalue weighted by Crippen LogP contribution is -2.38. The Balaban J connectivity index is 2.59. The van der Waals surface area contributed by atoms with E-state index in [4.69, 9.17) is 9.47 Å². The van der Waals surface area contributed by atoms with Gasteiger partial charge in [0.05, 0.1) is 6.54 Å². The van der Waals surface area contributed by atoms with Gasteiger partial charge >= 0.3 is 0 Å². The van der Waals surface area contributed by atoms with Crippen LogP contribution in [0.1, 0.15) is 13.3 Å². The van der Waals surface area contributed by atoms with Gasteiger partial charge in [0.25, 0.3) is 0 Å². The molecule has 0 aromatic rings. The van der Waals surface area contributed by atoms with Gasteiger partial charge in [0.15, 0.2) is 6.29 Å². The summed E-state index contributed by atoms with van der Waals surface area (Å²) in [5.41, 5.74) is 0. The van der Waals surface area contributed by atoms with E-state index in [1.165, 1.54) is 19.1 Å². The molecule has 1 saturated heterocycles. The molecule has 0 aromatic carbocycles. The van der Waals surface area contributed by atoms with Crippen LogP contribution < -0.4 is 0 Å². The highest BCUT2D eigenvalue weighted by atomic mass is 16.7. The van der Waals surface area contributed by atoms with Crippen LogP contribution in [0.4, 0.5) is 0 Å². The molecular formula is C9H15NO4. The Morgan fingerprint density at radius 2 is 2.00 bits per heavy atom. The molecule has 14 heavy (non-hydrogen) atoms. The Kier molecular flexibility index (Phi) is 3.60. The number of hydrogen-bond donors (Lipinski definition) is 0. The van der Waals surface area contributed by atoms with Crippen LogP contribution in [0.2, 0.25) is 0 Å². The Labute approximate surface area is 83.0 Å². The minimum atomic E-state index is -0.534. The summed E-state index contributed by atoms with van der Waals surface area (Å²) in [7, 11) is 2.95. The lowest BCUT2D eigenvalue weighted by Gasteiger charge is -2.20. The highest BCUT2D eigenvalue weighted by Gasteiger charge is 2.36. The van der Waals surface area contributed by atoms with Crippen LogP contribution in [0.3, 0.4) is 0 Å². The van der Waals surface area contributed by atoms with Crippen molar-refractivity contribution in [2.75, 3.05) is 20.8 Å². The second-order valence-electron chi connectivity index (χ2n) is 3.35. The van der Waals surface area contributed by atoms with E-state index >= 15 is 0 Å². The molecule has 2 amide bonds. The zero-order valence-electron chi connectivity index (χ0n) is 8.65. The second-order valence-corrected chi connectivity index (χ2v) is 3.35. The number of likely N-dealkylation sites (tertiary alicyclic amines) is 1. The van der Waals surface area contributed by atoms with Crippen molar-refractivity contribution in [2.24, 2.45) is 5.92 Å². The van der Waals surface area contributed by atoms with Crippen LogP contribution in [0.25, 0.3) is 0 Å². The molecule has 1 atom stereocenters. The predicted molar refractivity (Wildman–Crippen MR) is 48.3 cm³/mol. The maximum Gasteiger partial charge on any atom is 0.232 e. The molecule has 0 saturated carbocycles. The number of methoxy groups -OCH3 is 2. The molecule has 1 unspecified atom stereocenters. The molecule has 1 aliphatic heterocycles. The van der Waals surface area contributed by atoms with Crippen LogP contribution in [0.5, 0.6) is 0 Å². The van der Waals surface area contributed by atoms with E-state index in [9.17, 15) is 9.59 Å². The van der Waals surface area contributed by atoms with Gasteiger partial charge in [0, 0.05) is 26.6 Å². The molecular weight excluding hydrogens is 186 g/mol. The third-order valence-electron chi connectivity index (χ3n) is 2.33. The number of rotatable bonds is 4. The summed E-state index contributed by atoms with van der Waals surface area (Å²) in [5.74, 6) is -0.507. The van der Waals surface area contributed by atoms with E-state index in [-0.39, 0.29) is 24.3 Å². The van der Waals surface area contributed by atoms with Crippen LogP contribution >= 0.6 is 0 Å².